The lowest BCUT2D eigenvalue weighted by Gasteiger charge is -2.22. The number of benzene rings is 1. The average Bonchev–Trinajstić information content (AvgIpc) is 2.43. The fourth-order valence-electron chi connectivity index (χ4n) is 3.63. The highest BCUT2D eigenvalue weighted by molar-refractivity contribution is 6.05. The van der Waals surface area contributed by atoms with E-state index in [1.807, 2.05) is 19.9 Å². The molecule has 19 heavy (non-hydrogen) atoms. The molecule has 0 spiro atoms. The predicted octanol–water partition coefficient (Wildman–Crippen LogP) is 4.71. The average molecular weight is 256 g/mol. The molecule has 0 bridgehead atoms. The maximum absolute atomic E-state index is 12.2. The topological polar surface area (TPSA) is 17.1 Å². The van der Waals surface area contributed by atoms with E-state index in [2.05, 4.69) is 39.8 Å². The Morgan fingerprint density at radius 1 is 1.11 bits per heavy atom. The summed E-state index contributed by atoms with van der Waals surface area (Å²) in [6, 6.07) is 4.35. The van der Waals surface area contributed by atoms with Crippen molar-refractivity contribution in [2.75, 3.05) is 0 Å². The van der Waals surface area contributed by atoms with Crippen molar-refractivity contribution >= 4 is 5.78 Å². The monoisotopic (exact) mass is 256 g/mol. The van der Waals surface area contributed by atoms with Gasteiger partial charge in [0.05, 0.1) is 0 Å². The van der Waals surface area contributed by atoms with E-state index < -0.39 is 0 Å². The normalized spacial score (nSPS) is 19.7. The van der Waals surface area contributed by atoms with Crippen LogP contribution in [0.5, 0.6) is 0 Å². The standard InChI is InChI=1S/C18H24O/c1-7-8-16(19)13-10-15-14(9-12(13)2)17(3,4)11-18(15,5)6/h7-10H,11H2,1-6H3/b8-7-. The number of aryl methyl sites for hydroxylation is 1. The number of hydrogen-bond acceptors (Lipinski definition) is 1. The first-order chi connectivity index (χ1) is 8.69. The molecule has 1 nitrogen and oxygen atoms in total. The van der Waals surface area contributed by atoms with Gasteiger partial charge in [-0.05, 0) is 59.9 Å². The van der Waals surface area contributed by atoms with E-state index in [1.165, 1.54) is 11.1 Å². The molecule has 1 aliphatic rings. The van der Waals surface area contributed by atoms with E-state index in [0.717, 1.165) is 17.5 Å². The van der Waals surface area contributed by atoms with Gasteiger partial charge in [-0.2, -0.15) is 0 Å². The molecule has 0 aliphatic heterocycles. The minimum absolute atomic E-state index is 0.114. The van der Waals surface area contributed by atoms with Crippen molar-refractivity contribution in [3.63, 3.8) is 0 Å². The SMILES string of the molecule is C/C=C\C(=O)c1cc2c(cc1C)C(C)(C)CC2(C)C. The highest BCUT2D eigenvalue weighted by atomic mass is 16.1. The molecule has 0 saturated heterocycles. The van der Waals surface area contributed by atoms with Gasteiger partial charge in [0.25, 0.3) is 0 Å². The van der Waals surface area contributed by atoms with Crippen LogP contribution in [-0.4, -0.2) is 5.78 Å². The van der Waals surface area contributed by atoms with Crippen molar-refractivity contribution in [2.24, 2.45) is 0 Å². The van der Waals surface area contributed by atoms with Crippen LogP contribution in [-0.2, 0) is 10.8 Å². The number of rotatable bonds is 2. The van der Waals surface area contributed by atoms with E-state index in [9.17, 15) is 4.79 Å². The van der Waals surface area contributed by atoms with Gasteiger partial charge in [-0.1, -0.05) is 39.8 Å². The third kappa shape index (κ3) is 2.27. The summed E-state index contributed by atoms with van der Waals surface area (Å²) in [5.41, 5.74) is 5.04. The second-order valence-corrected chi connectivity index (χ2v) is 7.02. The van der Waals surface area contributed by atoms with E-state index in [-0.39, 0.29) is 16.6 Å². The zero-order valence-corrected chi connectivity index (χ0v) is 12.9. The van der Waals surface area contributed by atoms with Crippen LogP contribution in [0.1, 0.15) is 68.1 Å². The molecule has 0 aromatic heterocycles. The number of ketones is 1. The number of allylic oxidation sites excluding steroid dienone is 2. The molecule has 1 aromatic carbocycles. The lowest BCUT2D eigenvalue weighted by molar-refractivity contribution is 0.104. The molecule has 0 atom stereocenters. The molecule has 0 amide bonds. The van der Waals surface area contributed by atoms with E-state index in [1.54, 1.807) is 6.08 Å². The fraction of sp³-hybridized carbons (Fsp3) is 0.500. The molecule has 0 saturated carbocycles. The number of fused-ring (bicyclic) bond motifs is 1. The van der Waals surface area contributed by atoms with Crippen LogP contribution in [0, 0.1) is 6.92 Å². The number of hydrogen-bond donors (Lipinski definition) is 0. The molecule has 0 N–H and O–H groups in total. The van der Waals surface area contributed by atoms with Crippen molar-refractivity contribution in [2.45, 2.75) is 58.8 Å². The Labute approximate surface area is 116 Å². The summed E-state index contributed by atoms with van der Waals surface area (Å²) in [4.78, 5) is 12.2. The van der Waals surface area contributed by atoms with Gasteiger partial charge in [0.15, 0.2) is 5.78 Å². The van der Waals surface area contributed by atoms with E-state index in [4.69, 9.17) is 0 Å². The third-order valence-corrected chi connectivity index (χ3v) is 4.29. The summed E-state index contributed by atoms with van der Waals surface area (Å²) in [5.74, 6) is 0.114. The summed E-state index contributed by atoms with van der Waals surface area (Å²) in [6.45, 7) is 13.1. The van der Waals surface area contributed by atoms with Crippen LogP contribution in [0.4, 0.5) is 0 Å². The predicted molar refractivity (Wildman–Crippen MR) is 81.0 cm³/mol. The molecule has 1 aliphatic carbocycles. The molecule has 0 unspecified atom stereocenters. The number of carbonyl (C=O) groups excluding carboxylic acids is 1. The second-order valence-electron chi connectivity index (χ2n) is 7.02. The fourth-order valence-corrected chi connectivity index (χ4v) is 3.63. The van der Waals surface area contributed by atoms with Crippen molar-refractivity contribution in [1.29, 1.82) is 0 Å². The first-order valence-electron chi connectivity index (χ1n) is 7.02. The van der Waals surface area contributed by atoms with Gasteiger partial charge in [-0.3, -0.25) is 4.79 Å². The second kappa shape index (κ2) is 4.33. The number of carbonyl (C=O) groups is 1. The Morgan fingerprint density at radius 2 is 1.63 bits per heavy atom. The highest BCUT2D eigenvalue weighted by Crippen LogP contribution is 2.49. The van der Waals surface area contributed by atoms with Gasteiger partial charge < -0.3 is 0 Å². The van der Waals surface area contributed by atoms with E-state index >= 15 is 0 Å². The van der Waals surface area contributed by atoms with Gasteiger partial charge in [-0.15, -0.1) is 0 Å². The summed E-state index contributed by atoms with van der Waals surface area (Å²) in [7, 11) is 0. The Morgan fingerprint density at radius 3 is 2.16 bits per heavy atom. The molecular weight excluding hydrogens is 232 g/mol. The van der Waals surface area contributed by atoms with Gasteiger partial charge in [0, 0.05) is 5.56 Å². The summed E-state index contributed by atoms with van der Waals surface area (Å²) >= 11 is 0. The van der Waals surface area contributed by atoms with Crippen molar-refractivity contribution in [3.05, 3.63) is 46.5 Å². The summed E-state index contributed by atoms with van der Waals surface area (Å²) < 4.78 is 0. The maximum atomic E-state index is 12.2. The van der Waals surface area contributed by atoms with Crippen molar-refractivity contribution in [3.8, 4) is 0 Å². The van der Waals surface area contributed by atoms with E-state index in [0.29, 0.717) is 0 Å². The lowest BCUT2D eigenvalue weighted by Crippen LogP contribution is -2.18. The van der Waals surface area contributed by atoms with Gasteiger partial charge >= 0.3 is 0 Å². The smallest absolute Gasteiger partial charge is 0.185 e. The van der Waals surface area contributed by atoms with Crippen LogP contribution in [0.15, 0.2) is 24.3 Å². The molecule has 1 heteroatoms. The molecule has 0 radical (unpaired) electrons. The molecule has 0 heterocycles. The summed E-state index contributed by atoms with van der Waals surface area (Å²) in [5, 5.41) is 0. The molecule has 1 aromatic rings. The van der Waals surface area contributed by atoms with Crippen LogP contribution in [0.25, 0.3) is 0 Å². The van der Waals surface area contributed by atoms with Crippen LogP contribution in [0.3, 0.4) is 0 Å². The van der Waals surface area contributed by atoms with Crippen LogP contribution >= 0.6 is 0 Å². The van der Waals surface area contributed by atoms with Gasteiger partial charge in [0.2, 0.25) is 0 Å². The largest absolute Gasteiger partial charge is 0.289 e. The molecule has 0 fully saturated rings. The maximum Gasteiger partial charge on any atom is 0.185 e. The Bertz CT molecular complexity index is 559. The summed E-state index contributed by atoms with van der Waals surface area (Å²) in [6.07, 6.45) is 4.60. The molecular formula is C18H24O. The van der Waals surface area contributed by atoms with Gasteiger partial charge in [0.1, 0.15) is 0 Å². The molecule has 102 valence electrons. The first kappa shape index (κ1) is 14.0. The minimum Gasteiger partial charge on any atom is -0.289 e. The molecule has 2 rings (SSSR count). The van der Waals surface area contributed by atoms with Gasteiger partial charge in [-0.25, -0.2) is 0 Å². The Hall–Kier alpha value is -1.37. The van der Waals surface area contributed by atoms with Crippen LogP contribution < -0.4 is 0 Å². The Kier molecular flexibility index (Phi) is 3.20. The quantitative estimate of drug-likeness (QED) is 0.553. The van der Waals surface area contributed by atoms with Crippen LogP contribution in [0.2, 0.25) is 0 Å². The van der Waals surface area contributed by atoms with Crippen molar-refractivity contribution in [1.82, 2.24) is 0 Å². The first-order valence-corrected chi connectivity index (χ1v) is 7.02. The van der Waals surface area contributed by atoms with Crippen molar-refractivity contribution < 1.29 is 4.79 Å². The highest BCUT2D eigenvalue weighted by Gasteiger charge is 2.42. The lowest BCUT2D eigenvalue weighted by atomic mass is 9.82. The minimum atomic E-state index is 0.114. The zero-order valence-electron chi connectivity index (χ0n) is 12.9. The Balaban J connectivity index is 2.64. The third-order valence-electron chi connectivity index (χ3n) is 4.29. The zero-order chi connectivity index (χ0) is 14.4.